The number of aliphatic hydroxyl groups excluding tert-OH is 1. The van der Waals surface area contributed by atoms with Crippen LogP contribution in [0.1, 0.15) is 12.8 Å². The molecule has 0 bridgehead atoms. The molecule has 4 rings (SSSR count). The van der Waals surface area contributed by atoms with Gasteiger partial charge in [0, 0.05) is 24.8 Å². The molecule has 6 heteroatoms. The van der Waals surface area contributed by atoms with Gasteiger partial charge in [-0.1, -0.05) is 0 Å². The standard InChI is InChI=1S/C18H19N3O2S/c1-23-14-5-6-15-16(9-14)24-18(20-15)12-4-7-17(19-10-12)21-8-2-3-13(22)11-21/h4-7,9-10,13,22H,2-3,8,11H2,1H3. The number of aromatic nitrogens is 2. The SMILES string of the molecule is COc1ccc2nc(-c3ccc(N4CCCC(O)C4)nc3)sc2c1. The van der Waals surface area contributed by atoms with E-state index in [2.05, 4.69) is 20.9 Å². The van der Waals surface area contributed by atoms with Gasteiger partial charge in [-0.3, -0.25) is 0 Å². The molecule has 0 amide bonds. The molecule has 24 heavy (non-hydrogen) atoms. The maximum atomic E-state index is 9.81. The number of aliphatic hydroxyl groups is 1. The van der Waals surface area contributed by atoms with Crippen molar-refractivity contribution >= 4 is 27.4 Å². The molecule has 0 radical (unpaired) electrons. The highest BCUT2D eigenvalue weighted by Crippen LogP contribution is 2.32. The van der Waals surface area contributed by atoms with Crippen molar-refractivity contribution in [2.45, 2.75) is 18.9 Å². The highest BCUT2D eigenvalue weighted by molar-refractivity contribution is 7.21. The van der Waals surface area contributed by atoms with E-state index in [9.17, 15) is 5.11 Å². The summed E-state index contributed by atoms with van der Waals surface area (Å²) in [6.45, 7) is 1.61. The van der Waals surface area contributed by atoms with Gasteiger partial charge in [-0.2, -0.15) is 0 Å². The van der Waals surface area contributed by atoms with Gasteiger partial charge in [0.25, 0.3) is 0 Å². The Hall–Kier alpha value is -2.18. The van der Waals surface area contributed by atoms with E-state index in [4.69, 9.17) is 4.74 Å². The van der Waals surface area contributed by atoms with Crippen LogP contribution in [-0.4, -0.2) is 41.4 Å². The lowest BCUT2D eigenvalue weighted by Crippen LogP contribution is -2.38. The molecule has 1 fully saturated rings. The highest BCUT2D eigenvalue weighted by atomic mass is 32.1. The lowest BCUT2D eigenvalue weighted by molar-refractivity contribution is 0.154. The lowest BCUT2D eigenvalue weighted by Gasteiger charge is -2.30. The first kappa shape index (κ1) is 15.4. The van der Waals surface area contributed by atoms with Crippen LogP contribution in [-0.2, 0) is 0 Å². The van der Waals surface area contributed by atoms with Gasteiger partial charge in [0.1, 0.15) is 16.6 Å². The average Bonchev–Trinajstić information content (AvgIpc) is 3.05. The predicted octanol–water partition coefficient (Wildman–Crippen LogP) is 3.33. The van der Waals surface area contributed by atoms with Gasteiger partial charge >= 0.3 is 0 Å². The van der Waals surface area contributed by atoms with Crippen molar-refractivity contribution in [2.24, 2.45) is 0 Å². The minimum Gasteiger partial charge on any atom is -0.497 e. The third-order valence-electron chi connectivity index (χ3n) is 4.31. The fourth-order valence-corrected chi connectivity index (χ4v) is 4.00. The number of piperidine rings is 1. The van der Waals surface area contributed by atoms with Gasteiger partial charge < -0.3 is 14.7 Å². The summed E-state index contributed by atoms with van der Waals surface area (Å²) < 4.78 is 6.37. The molecule has 1 saturated heterocycles. The zero-order valence-corrected chi connectivity index (χ0v) is 14.3. The number of fused-ring (bicyclic) bond motifs is 1. The van der Waals surface area contributed by atoms with Gasteiger partial charge in [-0.05, 0) is 43.2 Å². The molecule has 0 aliphatic carbocycles. The number of methoxy groups -OCH3 is 1. The van der Waals surface area contributed by atoms with Crippen molar-refractivity contribution in [1.29, 1.82) is 0 Å². The number of β-amino-alcohol motifs (C(OH)–C–C–N with tert-alkyl or cyclic N) is 1. The number of pyridine rings is 1. The third-order valence-corrected chi connectivity index (χ3v) is 5.38. The summed E-state index contributed by atoms with van der Waals surface area (Å²) in [5, 5.41) is 10.8. The number of anilines is 1. The molecular formula is C18H19N3O2S. The Morgan fingerprint density at radius 3 is 2.96 bits per heavy atom. The Labute approximate surface area is 144 Å². The molecule has 124 valence electrons. The molecule has 1 aliphatic heterocycles. The predicted molar refractivity (Wildman–Crippen MR) is 96.9 cm³/mol. The molecule has 1 unspecified atom stereocenters. The molecule has 3 aromatic rings. The average molecular weight is 341 g/mol. The quantitative estimate of drug-likeness (QED) is 0.792. The summed E-state index contributed by atoms with van der Waals surface area (Å²) in [7, 11) is 1.67. The normalized spacial score (nSPS) is 18.1. The summed E-state index contributed by atoms with van der Waals surface area (Å²) in [4.78, 5) is 11.4. The van der Waals surface area contributed by atoms with Crippen molar-refractivity contribution in [3.63, 3.8) is 0 Å². The Kier molecular flexibility index (Phi) is 4.08. The number of benzene rings is 1. The van der Waals surface area contributed by atoms with Crippen LogP contribution in [0.25, 0.3) is 20.8 Å². The first-order valence-electron chi connectivity index (χ1n) is 8.07. The maximum Gasteiger partial charge on any atom is 0.128 e. The van der Waals surface area contributed by atoms with Gasteiger partial charge in [0.15, 0.2) is 0 Å². The van der Waals surface area contributed by atoms with Crippen molar-refractivity contribution in [3.05, 3.63) is 36.5 Å². The fraction of sp³-hybridized carbons (Fsp3) is 0.333. The second kappa shape index (κ2) is 6.37. The summed E-state index contributed by atoms with van der Waals surface area (Å²) in [6.07, 6.45) is 3.50. The molecule has 1 aromatic carbocycles. The zero-order valence-electron chi connectivity index (χ0n) is 13.5. The van der Waals surface area contributed by atoms with E-state index in [0.717, 1.165) is 51.7 Å². The topological polar surface area (TPSA) is 58.5 Å². The monoisotopic (exact) mass is 341 g/mol. The first-order chi connectivity index (χ1) is 11.7. The van der Waals surface area contributed by atoms with Crippen LogP contribution in [0.4, 0.5) is 5.82 Å². The zero-order chi connectivity index (χ0) is 16.5. The molecule has 1 N–H and O–H groups in total. The van der Waals surface area contributed by atoms with E-state index in [1.165, 1.54) is 0 Å². The van der Waals surface area contributed by atoms with Crippen LogP contribution in [0.2, 0.25) is 0 Å². The van der Waals surface area contributed by atoms with E-state index < -0.39 is 0 Å². The highest BCUT2D eigenvalue weighted by Gasteiger charge is 2.19. The van der Waals surface area contributed by atoms with Crippen LogP contribution in [0.3, 0.4) is 0 Å². The van der Waals surface area contributed by atoms with E-state index in [-0.39, 0.29) is 6.10 Å². The first-order valence-corrected chi connectivity index (χ1v) is 8.88. The summed E-state index contributed by atoms with van der Waals surface area (Å²) >= 11 is 1.64. The number of thiazole rings is 1. The smallest absolute Gasteiger partial charge is 0.128 e. The second-order valence-corrected chi connectivity index (χ2v) is 7.03. The number of rotatable bonds is 3. The number of hydrogen-bond donors (Lipinski definition) is 1. The van der Waals surface area contributed by atoms with Crippen molar-refractivity contribution in [1.82, 2.24) is 9.97 Å². The van der Waals surface area contributed by atoms with E-state index in [0.29, 0.717) is 6.54 Å². The minimum atomic E-state index is -0.250. The number of nitrogens with zero attached hydrogens (tertiary/aromatic N) is 3. The molecule has 2 aromatic heterocycles. The fourth-order valence-electron chi connectivity index (χ4n) is 3.02. The van der Waals surface area contributed by atoms with Crippen LogP contribution < -0.4 is 9.64 Å². The van der Waals surface area contributed by atoms with Crippen molar-refractivity contribution in [3.8, 4) is 16.3 Å². The Balaban J connectivity index is 1.60. The molecule has 1 aliphatic rings. The molecule has 1 atom stereocenters. The van der Waals surface area contributed by atoms with E-state index in [1.807, 2.05) is 30.5 Å². The van der Waals surface area contributed by atoms with Crippen LogP contribution in [0.15, 0.2) is 36.5 Å². The Bertz CT molecular complexity index is 847. The Morgan fingerprint density at radius 1 is 1.29 bits per heavy atom. The Morgan fingerprint density at radius 2 is 2.21 bits per heavy atom. The van der Waals surface area contributed by atoms with Crippen LogP contribution in [0.5, 0.6) is 5.75 Å². The van der Waals surface area contributed by atoms with Crippen LogP contribution in [0, 0.1) is 0 Å². The lowest BCUT2D eigenvalue weighted by atomic mass is 10.1. The van der Waals surface area contributed by atoms with Gasteiger partial charge in [0.05, 0.1) is 23.4 Å². The summed E-state index contributed by atoms with van der Waals surface area (Å²) in [5.41, 5.74) is 1.98. The molecule has 5 nitrogen and oxygen atoms in total. The van der Waals surface area contributed by atoms with E-state index in [1.54, 1.807) is 18.4 Å². The number of hydrogen-bond acceptors (Lipinski definition) is 6. The third kappa shape index (κ3) is 2.95. The molecule has 0 spiro atoms. The summed E-state index contributed by atoms with van der Waals surface area (Å²) in [5.74, 6) is 1.76. The van der Waals surface area contributed by atoms with Crippen molar-refractivity contribution < 1.29 is 9.84 Å². The summed E-state index contributed by atoms with van der Waals surface area (Å²) in [6, 6.07) is 9.98. The van der Waals surface area contributed by atoms with Crippen molar-refractivity contribution in [2.75, 3.05) is 25.1 Å². The second-order valence-electron chi connectivity index (χ2n) is 6.00. The molecule has 3 heterocycles. The molecular weight excluding hydrogens is 322 g/mol. The van der Waals surface area contributed by atoms with Gasteiger partial charge in [0.2, 0.25) is 0 Å². The largest absolute Gasteiger partial charge is 0.497 e. The maximum absolute atomic E-state index is 9.81. The molecule has 0 saturated carbocycles. The number of ether oxygens (including phenoxy) is 1. The van der Waals surface area contributed by atoms with Gasteiger partial charge in [-0.25, -0.2) is 9.97 Å². The van der Waals surface area contributed by atoms with Gasteiger partial charge in [-0.15, -0.1) is 11.3 Å². The van der Waals surface area contributed by atoms with Crippen LogP contribution >= 0.6 is 11.3 Å². The van der Waals surface area contributed by atoms with E-state index >= 15 is 0 Å². The minimum absolute atomic E-state index is 0.250.